The minimum atomic E-state index is -0.153. The number of aromatic amines is 1. The summed E-state index contributed by atoms with van der Waals surface area (Å²) in [5, 5.41) is 0. The molecule has 0 bridgehead atoms. The molecule has 1 aromatic carbocycles. The summed E-state index contributed by atoms with van der Waals surface area (Å²) in [6, 6.07) is 7.65. The molecule has 4 nitrogen and oxygen atoms in total. The fourth-order valence-electron chi connectivity index (χ4n) is 1.79. The number of carbonyl (C=O) groups is 1. The van der Waals surface area contributed by atoms with E-state index in [1.807, 2.05) is 31.2 Å². The van der Waals surface area contributed by atoms with E-state index in [1.54, 1.807) is 0 Å². The van der Waals surface area contributed by atoms with Crippen LogP contribution in [-0.2, 0) is 4.79 Å². The average molecular weight is 280 g/mol. The monoisotopic (exact) mass is 280 g/mol. The first kappa shape index (κ1) is 15.4. The SMILES string of the molecule is CCCC(CC)C(N)=O.O=c1[nH]c2ccccc2s1. The third-order valence-electron chi connectivity index (χ3n) is 2.86. The van der Waals surface area contributed by atoms with Crippen molar-refractivity contribution in [3.63, 3.8) is 0 Å². The van der Waals surface area contributed by atoms with Gasteiger partial charge in [0.25, 0.3) is 0 Å². The van der Waals surface area contributed by atoms with Crippen molar-refractivity contribution in [2.45, 2.75) is 33.1 Å². The molecule has 0 aliphatic carbocycles. The van der Waals surface area contributed by atoms with Crippen molar-refractivity contribution in [2.75, 3.05) is 0 Å². The van der Waals surface area contributed by atoms with Crippen LogP contribution in [0.3, 0.4) is 0 Å². The lowest BCUT2D eigenvalue weighted by Gasteiger charge is -2.06. The summed E-state index contributed by atoms with van der Waals surface area (Å²) in [5.41, 5.74) is 6.02. The lowest BCUT2D eigenvalue weighted by Crippen LogP contribution is -2.22. The number of nitrogens with one attached hydrogen (secondary N) is 1. The van der Waals surface area contributed by atoms with Crippen LogP contribution < -0.4 is 10.6 Å². The number of aromatic nitrogens is 1. The Morgan fingerprint density at radius 1 is 1.37 bits per heavy atom. The second-order valence-corrected chi connectivity index (χ2v) is 5.32. The van der Waals surface area contributed by atoms with Crippen molar-refractivity contribution >= 4 is 27.5 Å². The Labute approximate surface area is 116 Å². The van der Waals surface area contributed by atoms with E-state index in [1.165, 1.54) is 11.3 Å². The highest BCUT2D eigenvalue weighted by Gasteiger charge is 2.09. The zero-order valence-electron chi connectivity index (χ0n) is 11.3. The first-order valence-corrected chi connectivity index (χ1v) is 7.27. The molecule has 5 heteroatoms. The number of thiazole rings is 1. The number of amides is 1. The predicted molar refractivity (Wildman–Crippen MR) is 80.3 cm³/mol. The van der Waals surface area contributed by atoms with Crippen LogP contribution in [0.15, 0.2) is 29.1 Å². The van der Waals surface area contributed by atoms with Crippen LogP contribution in [0.4, 0.5) is 0 Å². The number of carbonyl (C=O) groups excluding carboxylic acids is 1. The van der Waals surface area contributed by atoms with Crippen LogP contribution in [0.2, 0.25) is 0 Å². The number of para-hydroxylation sites is 1. The second-order valence-electron chi connectivity index (χ2n) is 4.31. The summed E-state index contributed by atoms with van der Waals surface area (Å²) in [7, 11) is 0. The molecular weight excluding hydrogens is 260 g/mol. The fourth-order valence-corrected chi connectivity index (χ4v) is 2.53. The topological polar surface area (TPSA) is 76.0 Å². The lowest BCUT2D eigenvalue weighted by atomic mass is 10.0. The third-order valence-corrected chi connectivity index (χ3v) is 3.72. The molecule has 1 heterocycles. The molecule has 0 saturated carbocycles. The van der Waals surface area contributed by atoms with Gasteiger partial charge >= 0.3 is 4.87 Å². The number of H-pyrrole nitrogens is 1. The fraction of sp³-hybridized carbons (Fsp3) is 0.429. The van der Waals surface area contributed by atoms with Gasteiger partial charge in [-0.1, -0.05) is 43.7 Å². The van der Waals surface area contributed by atoms with Crippen LogP contribution in [0.1, 0.15) is 33.1 Å². The average Bonchev–Trinajstić information content (AvgIpc) is 2.76. The maximum Gasteiger partial charge on any atom is 0.305 e. The van der Waals surface area contributed by atoms with Gasteiger partial charge in [-0.2, -0.15) is 0 Å². The summed E-state index contributed by atoms with van der Waals surface area (Å²) >= 11 is 1.24. The largest absolute Gasteiger partial charge is 0.369 e. The summed E-state index contributed by atoms with van der Waals surface area (Å²) in [5.74, 6) is -0.0469. The Morgan fingerprint density at radius 2 is 2.05 bits per heavy atom. The zero-order valence-corrected chi connectivity index (χ0v) is 12.1. The molecule has 0 aliphatic rings. The molecule has 19 heavy (non-hydrogen) atoms. The number of nitrogens with two attached hydrogens (primary N) is 1. The predicted octanol–water partition coefficient (Wildman–Crippen LogP) is 2.89. The molecule has 0 spiro atoms. The Hall–Kier alpha value is -1.62. The number of primary amides is 1. The molecule has 1 unspecified atom stereocenters. The minimum absolute atomic E-state index is 0.0150. The van der Waals surface area contributed by atoms with E-state index in [4.69, 9.17) is 5.73 Å². The van der Waals surface area contributed by atoms with Crippen LogP contribution >= 0.6 is 11.3 Å². The summed E-state index contributed by atoms with van der Waals surface area (Å²) in [4.78, 5) is 24.0. The van der Waals surface area contributed by atoms with Crippen molar-refractivity contribution in [3.05, 3.63) is 33.9 Å². The molecule has 1 aromatic heterocycles. The molecule has 104 valence electrons. The van der Waals surface area contributed by atoms with Gasteiger partial charge in [0.2, 0.25) is 5.91 Å². The number of fused-ring (bicyclic) bond motifs is 1. The van der Waals surface area contributed by atoms with Crippen molar-refractivity contribution in [1.82, 2.24) is 4.98 Å². The van der Waals surface area contributed by atoms with Gasteiger partial charge in [-0.05, 0) is 25.0 Å². The van der Waals surface area contributed by atoms with Crippen molar-refractivity contribution in [1.29, 1.82) is 0 Å². The normalized spacial score (nSPS) is 11.7. The first-order valence-electron chi connectivity index (χ1n) is 6.45. The van der Waals surface area contributed by atoms with E-state index in [0.717, 1.165) is 29.5 Å². The van der Waals surface area contributed by atoms with Gasteiger partial charge in [0, 0.05) is 5.92 Å². The van der Waals surface area contributed by atoms with Gasteiger partial charge in [0.15, 0.2) is 0 Å². The van der Waals surface area contributed by atoms with Crippen LogP contribution in [0.5, 0.6) is 0 Å². The highest BCUT2D eigenvalue weighted by Crippen LogP contribution is 2.11. The first-order chi connectivity index (χ1) is 9.08. The third kappa shape index (κ3) is 4.87. The van der Waals surface area contributed by atoms with Gasteiger partial charge in [0.1, 0.15) is 0 Å². The Morgan fingerprint density at radius 3 is 2.53 bits per heavy atom. The van der Waals surface area contributed by atoms with Gasteiger partial charge in [-0.25, -0.2) is 0 Å². The van der Waals surface area contributed by atoms with E-state index in [-0.39, 0.29) is 16.7 Å². The Kier molecular flexibility index (Phi) is 6.29. The minimum Gasteiger partial charge on any atom is -0.369 e. The van der Waals surface area contributed by atoms with Gasteiger partial charge in [0.05, 0.1) is 10.2 Å². The Bertz CT molecular complexity index is 538. The number of rotatable bonds is 4. The van der Waals surface area contributed by atoms with Crippen LogP contribution in [0, 0.1) is 5.92 Å². The molecule has 2 aromatic rings. The molecule has 1 amide bonds. The van der Waals surface area contributed by atoms with Crippen molar-refractivity contribution in [2.24, 2.45) is 11.7 Å². The van der Waals surface area contributed by atoms with Gasteiger partial charge < -0.3 is 10.7 Å². The van der Waals surface area contributed by atoms with Gasteiger partial charge in [-0.15, -0.1) is 0 Å². The molecule has 1 atom stereocenters. The van der Waals surface area contributed by atoms with Gasteiger partial charge in [-0.3, -0.25) is 9.59 Å². The van der Waals surface area contributed by atoms with Crippen LogP contribution in [0.25, 0.3) is 10.2 Å². The van der Waals surface area contributed by atoms with Crippen molar-refractivity contribution in [3.8, 4) is 0 Å². The molecule has 0 saturated heterocycles. The molecule has 0 radical (unpaired) electrons. The van der Waals surface area contributed by atoms with E-state index in [0.29, 0.717) is 0 Å². The number of benzene rings is 1. The highest BCUT2D eigenvalue weighted by molar-refractivity contribution is 7.16. The van der Waals surface area contributed by atoms with Crippen LogP contribution in [-0.4, -0.2) is 10.9 Å². The summed E-state index contributed by atoms with van der Waals surface area (Å²) < 4.78 is 1.02. The molecule has 3 N–H and O–H groups in total. The quantitative estimate of drug-likeness (QED) is 0.903. The van der Waals surface area contributed by atoms with Crippen molar-refractivity contribution < 1.29 is 4.79 Å². The maximum absolute atomic E-state index is 10.8. The van der Waals surface area contributed by atoms with E-state index in [2.05, 4.69) is 11.9 Å². The number of hydrogen-bond acceptors (Lipinski definition) is 3. The van der Waals surface area contributed by atoms with E-state index >= 15 is 0 Å². The standard InChI is InChI=1S/C7H5NOS.C7H15NO/c9-7-8-5-3-1-2-4-6(5)10-7;1-3-5-6(4-2)7(8)9/h1-4H,(H,8,9);6H,3-5H2,1-2H3,(H2,8,9). The zero-order chi connectivity index (χ0) is 14.3. The molecule has 0 aliphatic heterocycles. The molecular formula is C14H20N2O2S. The summed E-state index contributed by atoms with van der Waals surface area (Å²) in [6.07, 6.45) is 2.86. The number of hydrogen-bond donors (Lipinski definition) is 2. The Balaban J connectivity index is 0.000000192. The lowest BCUT2D eigenvalue weighted by molar-refractivity contribution is -0.122. The highest BCUT2D eigenvalue weighted by atomic mass is 32.1. The maximum atomic E-state index is 10.8. The second kappa shape index (κ2) is 7.74. The van der Waals surface area contributed by atoms with E-state index in [9.17, 15) is 9.59 Å². The summed E-state index contributed by atoms with van der Waals surface area (Å²) in [6.45, 7) is 4.05. The molecule has 0 fully saturated rings. The smallest absolute Gasteiger partial charge is 0.305 e. The van der Waals surface area contributed by atoms with E-state index < -0.39 is 0 Å². The molecule has 2 rings (SSSR count).